The lowest BCUT2D eigenvalue weighted by Gasteiger charge is -2.42. The van der Waals surface area contributed by atoms with Crippen molar-refractivity contribution in [3.63, 3.8) is 0 Å². The number of hydrogen-bond donors (Lipinski definition) is 0. The first-order chi connectivity index (χ1) is 20.3. The van der Waals surface area contributed by atoms with Gasteiger partial charge in [0.05, 0.1) is 18.2 Å². The van der Waals surface area contributed by atoms with Crippen molar-refractivity contribution in [2.24, 2.45) is 0 Å². The molecular weight excluding hydrogens is 613 g/mol. The summed E-state index contributed by atoms with van der Waals surface area (Å²) in [7, 11) is -3.13. The van der Waals surface area contributed by atoms with Crippen LogP contribution in [0.3, 0.4) is 0 Å². The second kappa shape index (κ2) is 11.5. The molecule has 2 heterocycles. The van der Waals surface area contributed by atoms with E-state index < -0.39 is 55.5 Å². The lowest BCUT2D eigenvalue weighted by atomic mass is 9.93. The Bertz CT molecular complexity index is 1840. The standard InChI is InChI=1S/C30H27ClF5N3O3S/c1-5-16-22(23-19(32)7-6-8-21(23)42-3)18(31)13-17-20(9-10-37-28(16)17)39-12-11-38(14-15(39)2)29-24(33)26(35)30(43(4,40)41)27(36)25(29)34/h6-10,13,15H,5,11-12,14H2,1-4H3/t15-/m0/s1. The summed E-state index contributed by atoms with van der Waals surface area (Å²) in [6.45, 7) is 3.75. The highest BCUT2D eigenvalue weighted by atomic mass is 35.5. The normalized spacial score (nSPS) is 15.8. The van der Waals surface area contributed by atoms with E-state index in [9.17, 15) is 17.2 Å². The van der Waals surface area contributed by atoms with E-state index in [-0.39, 0.29) is 30.2 Å². The highest BCUT2D eigenvalue weighted by molar-refractivity contribution is 7.90. The number of anilines is 2. The van der Waals surface area contributed by atoms with Gasteiger partial charge >= 0.3 is 0 Å². The fraction of sp³-hybridized carbons (Fsp3) is 0.300. The number of piperazine rings is 1. The molecular formula is C30H27ClF5N3O3S. The van der Waals surface area contributed by atoms with Crippen molar-refractivity contribution in [2.75, 3.05) is 42.8 Å². The fourth-order valence-corrected chi connectivity index (χ4v) is 6.96. The lowest BCUT2D eigenvalue weighted by Crippen LogP contribution is -2.52. The first kappa shape index (κ1) is 30.8. The maximum atomic E-state index is 15.1. The summed E-state index contributed by atoms with van der Waals surface area (Å²) < 4.78 is 103. The summed E-state index contributed by atoms with van der Waals surface area (Å²) >= 11 is 6.81. The minimum atomic E-state index is -4.57. The van der Waals surface area contributed by atoms with Crippen LogP contribution in [-0.4, -0.2) is 52.4 Å². The molecule has 0 saturated carbocycles. The van der Waals surface area contributed by atoms with Crippen molar-refractivity contribution in [1.82, 2.24) is 4.98 Å². The summed E-state index contributed by atoms with van der Waals surface area (Å²) in [6, 6.07) is 7.51. The average molecular weight is 640 g/mol. The Balaban J connectivity index is 1.57. The number of benzene rings is 3. The first-order valence-electron chi connectivity index (χ1n) is 13.3. The Morgan fingerprint density at radius 3 is 2.28 bits per heavy atom. The number of pyridine rings is 1. The molecule has 0 N–H and O–H groups in total. The smallest absolute Gasteiger partial charge is 0.186 e. The van der Waals surface area contributed by atoms with Gasteiger partial charge in [-0.1, -0.05) is 24.6 Å². The molecule has 5 rings (SSSR count). The molecule has 228 valence electrons. The van der Waals surface area contributed by atoms with Gasteiger partial charge in [-0.3, -0.25) is 4.98 Å². The predicted octanol–water partition coefficient (Wildman–Crippen LogP) is 6.94. The number of aryl methyl sites for hydroxylation is 1. The van der Waals surface area contributed by atoms with E-state index in [0.29, 0.717) is 46.1 Å². The van der Waals surface area contributed by atoms with E-state index in [4.69, 9.17) is 16.3 Å². The zero-order chi connectivity index (χ0) is 31.4. The number of rotatable bonds is 6. The molecule has 0 amide bonds. The SMILES string of the molecule is CCc1c(-c2c(F)cccc2OC)c(Cl)cc2c(N3CCN(c4c(F)c(F)c(S(C)(=O)=O)c(F)c4F)C[C@@H]3C)ccnc12. The molecule has 43 heavy (non-hydrogen) atoms. The number of ether oxygens (including phenoxy) is 1. The summed E-state index contributed by atoms with van der Waals surface area (Å²) in [5, 5.41) is 0.935. The Hall–Kier alpha value is -3.64. The molecule has 0 radical (unpaired) electrons. The molecule has 0 bridgehead atoms. The van der Waals surface area contributed by atoms with E-state index in [2.05, 4.69) is 4.98 Å². The van der Waals surface area contributed by atoms with Gasteiger partial charge in [0.25, 0.3) is 0 Å². The molecule has 0 unspecified atom stereocenters. The lowest BCUT2D eigenvalue weighted by molar-refractivity contribution is 0.413. The molecule has 4 aromatic rings. The molecule has 1 aliphatic rings. The van der Waals surface area contributed by atoms with E-state index in [1.165, 1.54) is 19.2 Å². The van der Waals surface area contributed by atoms with Crippen LogP contribution >= 0.6 is 11.6 Å². The van der Waals surface area contributed by atoms with Crippen molar-refractivity contribution < 1.29 is 35.1 Å². The molecule has 3 aromatic carbocycles. The van der Waals surface area contributed by atoms with Gasteiger partial charge in [0.15, 0.2) is 33.1 Å². The maximum absolute atomic E-state index is 15.1. The van der Waals surface area contributed by atoms with Crippen LogP contribution in [0.4, 0.5) is 33.3 Å². The summed E-state index contributed by atoms with van der Waals surface area (Å²) in [4.78, 5) is 6.05. The van der Waals surface area contributed by atoms with Gasteiger partial charge in [0.1, 0.15) is 22.1 Å². The zero-order valence-corrected chi connectivity index (χ0v) is 25.2. The molecule has 1 fully saturated rings. The van der Waals surface area contributed by atoms with Crippen LogP contribution in [0.25, 0.3) is 22.0 Å². The van der Waals surface area contributed by atoms with Crippen LogP contribution in [0, 0.1) is 29.1 Å². The molecule has 0 aliphatic carbocycles. The van der Waals surface area contributed by atoms with Gasteiger partial charge in [-0.2, -0.15) is 0 Å². The minimum absolute atomic E-state index is 0.0437. The zero-order valence-electron chi connectivity index (χ0n) is 23.6. The van der Waals surface area contributed by atoms with E-state index in [1.54, 1.807) is 31.3 Å². The number of hydrogen-bond acceptors (Lipinski definition) is 6. The van der Waals surface area contributed by atoms with Crippen LogP contribution < -0.4 is 14.5 Å². The maximum Gasteiger partial charge on any atom is 0.186 e. The van der Waals surface area contributed by atoms with Crippen LogP contribution in [0.2, 0.25) is 5.02 Å². The van der Waals surface area contributed by atoms with Crippen LogP contribution in [0.1, 0.15) is 19.4 Å². The van der Waals surface area contributed by atoms with Crippen LogP contribution in [-0.2, 0) is 16.3 Å². The van der Waals surface area contributed by atoms with Gasteiger partial charge in [-0.25, -0.2) is 30.4 Å². The Morgan fingerprint density at radius 2 is 1.70 bits per heavy atom. The predicted molar refractivity (Wildman–Crippen MR) is 156 cm³/mol. The van der Waals surface area contributed by atoms with Gasteiger partial charge < -0.3 is 14.5 Å². The van der Waals surface area contributed by atoms with Gasteiger partial charge in [-0.15, -0.1) is 0 Å². The topological polar surface area (TPSA) is 62.7 Å². The first-order valence-corrected chi connectivity index (χ1v) is 15.6. The number of halogens is 6. The second-order valence-electron chi connectivity index (χ2n) is 10.3. The highest BCUT2D eigenvalue weighted by Crippen LogP contribution is 2.44. The molecule has 1 aromatic heterocycles. The third-order valence-electron chi connectivity index (χ3n) is 7.69. The molecule has 1 atom stereocenters. The Kier molecular flexibility index (Phi) is 8.21. The monoisotopic (exact) mass is 639 g/mol. The number of sulfone groups is 1. The molecule has 13 heteroatoms. The van der Waals surface area contributed by atoms with Crippen molar-refractivity contribution >= 4 is 43.7 Å². The molecule has 0 spiro atoms. The molecule has 1 aliphatic heterocycles. The van der Waals surface area contributed by atoms with E-state index in [0.717, 1.165) is 4.90 Å². The van der Waals surface area contributed by atoms with E-state index >= 15 is 13.2 Å². The number of aromatic nitrogens is 1. The largest absolute Gasteiger partial charge is 0.496 e. The third-order valence-corrected chi connectivity index (χ3v) is 9.09. The highest BCUT2D eigenvalue weighted by Gasteiger charge is 2.36. The van der Waals surface area contributed by atoms with Crippen molar-refractivity contribution in [1.29, 1.82) is 0 Å². The summed E-state index contributed by atoms with van der Waals surface area (Å²) in [5.41, 5.74) is 1.69. The Labute approximate surface area is 250 Å². The Morgan fingerprint density at radius 1 is 1.02 bits per heavy atom. The fourth-order valence-electron chi connectivity index (χ4n) is 5.81. The van der Waals surface area contributed by atoms with Crippen molar-refractivity contribution in [3.8, 4) is 16.9 Å². The molecule has 1 saturated heterocycles. The quantitative estimate of drug-likeness (QED) is 0.168. The van der Waals surface area contributed by atoms with Crippen molar-refractivity contribution in [2.45, 2.75) is 31.2 Å². The van der Waals surface area contributed by atoms with Gasteiger partial charge in [0.2, 0.25) is 0 Å². The van der Waals surface area contributed by atoms with Crippen molar-refractivity contribution in [3.05, 3.63) is 76.2 Å². The second-order valence-corrected chi connectivity index (χ2v) is 12.7. The number of nitrogens with zero attached hydrogens (tertiary/aromatic N) is 3. The summed E-state index contributed by atoms with van der Waals surface area (Å²) in [6.07, 6.45) is 2.53. The van der Waals surface area contributed by atoms with E-state index in [1.807, 2.05) is 11.8 Å². The number of methoxy groups -OCH3 is 1. The third kappa shape index (κ3) is 5.14. The van der Waals surface area contributed by atoms with Gasteiger partial charge in [0, 0.05) is 59.8 Å². The average Bonchev–Trinajstić information content (AvgIpc) is 2.95. The minimum Gasteiger partial charge on any atom is -0.496 e. The summed E-state index contributed by atoms with van der Waals surface area (Å²) in [5.74, 6) is -7.66. The van der Waals surface area contributed by atoms with Crippen LogP contribution in [0.15, 0.2) is 41.4 Å². The van der Waals surface area contributed by atoms with Crippen LogP contribution in [0.5, 0.6) is 5.75 Å². The molecule has 6 nitrogen and oxygen atoms in total. The number of fused-ring (bicyclic) bond motifs is 1. The van der Waals surface area contributed by atoms with Gasteiger partial charge in [-0.05, 0) is 43.2 Å².